The summed E-state index contributed by atoms with van der Waals surface area (Å²) < 4.78 is 51.6. The number of carbonyl (C=O) groups excluding carboxylic acids is 1. The number of benzene rings is 3. The summed E-state index contributed by atoms with van der Waals surface area (Å²) in [5, 5.41) is 12.4. The Hall–Kier alpha value is -3.81. The molecule has 1 N–H and O–H groups in total. The Balaban J connectivity index is 1.32. The number of urea groups is 1. The molecule has 6 nitrogen and oxygen atoms in total. The highest BCUT2D eigenvalue weighted by Crippen LogP contribution is 2.37. The molecule has 0 aliphatic carbocycles. The number of nitrogens with zero attached hydrogens (tertiary/aromatic N) is 2. The van der Waals surface area contributed by atoms with Gasteiger partial charge >= 0.3 is 19.3 Å². The van der Waals surface area contributed by atoms with Crippen molar-refractivity contribution in [3.05, 3.63) is 89.0 Å². The number of halogens is 3. The van der Waals surface area contributed by atoms with E-state index in [9.17, 15) is 23.2 Å². The molecule has 43 heavy (non-hydrogen) atoms. The molecular formula is C33H35BF3N3O3. The third-order valence-corrected chi connectivity index (χ3v) is 8.76. The summed E-state index contributed by atoms with van der Waals surface area (Å²) in [4.78, 5) is 15.3. The second kappa shape index (κ2) is 11.7. The van der Waals surface area contributed by atoms with Gasteiger partial charge in [-0.3, -0.25) is 0 Å². The highest BCUT2D eigenvalue weighted by Gasteiger charge is 2.51. The van der Waals surface area contributed by atoms with Gasteiger partial charge in [-0.1, -0.05) is 54.6 Å². The van der Waals surface area contributed by atoms with Gasteiger partial charge in [0.05, 0.1) is 28.9 Å². The van der Waals surface area contributed by atoms with Crippen LogP contribution in [0, 0.1) is 11.3 Å². The number of carbonyl (C=O) groups is 1. The van der Waals surface area contributed by atoms with Gasteiger partial charge in [0.25, 0.3) is 0 Å². The van der Waals surface area contributed by atoms with Crippen LogP contribution in [0.1, 0.15) is 68.8 Å². The predicted molar refractivity (Wildman–Crippen MR) is 159 cm³/mol. The van der Waals surface area contributed by atoms with Crippen LogP contribution in [-0.4, -0.2) is 35.8 Å². The fourth-order valence-corrected chi connectivity index (χ4v) is 5.56. The molecular weight excluding hydrogens is 554 g/mol. The number of hydrogen-bond acceptors (Lipinski definition) is 4. The highest BCUT2D eigenvalue weighted by molar-refractivity contribution is 6.62. The predicted octanol–water partition coefficient (Wildman–Crippen LogP) is 6.78. The molecule has 0 saturated carbocycles. The largest absolute Gasteiger partial charge is 0.494 e. The van der Waals surface area contributed by atoms with E-state index in [4.69, 9.17) is 9.31 Å². The Morgan fingerprint density at radius 3 is 2.37 bits per heavy atom. The normalized spacial score (nSPS) is 18.1. The van der Waals surface area contributed by atoms with Gasteiger partial charge in [-0.05, 0) is 85.9 Å². The Morgan fingerprint density at radius 2 is 1.72 bits per heavy atom. The summed E-state index contributed by atoms with van der Waals surface area (Å²) in [5.41, 5.74) is 3.61. The van der Waals surface area contributed by atoms with E-state index in [0.29, 0.717) is 31.5 Å². The molecule has 224 valence electrons. The van der Waals surface area contributed by atoms with Crippen molar-refractivity contribution in [3.63, 3.8) is 0 Å². The van der Waals surface area contributed by atoms with Crippen LogP contribution in [0.5, 0.6) is 0 Å². The minimum Gasteiger partial charge on any atom is -0.399 e. The van der Waals surface area contributed by atoms with Crippen molar-refractivity contribution in [2.24, 2.45) is 0 Å². The van der Waals surface area contributed by atoms with E-state index in [1.807, 2.05) is 70.2 Å². The number of hydrogen-bond donors (Lipinski definition) is 1. The van der Waals surface area contributed by atoms with Crippen LogP contribution in [0.25, 0.3) is 11.1 Å². The lowest BCUT2D eigenvalue weighted by Gasteiger charge is -2.32. The molecule has 0 aromatic heterocycles. The maximum absolute atomic E-state index is 13.5. The minimum absolute atomic E-state index is 0.241. The van der Waals surface area contributed by atoms with Crippen molar-refractivity contribution in [3.8, 4) is 17.2 Å². The average Bonchev–Trinajstić information content (AvgIpc) is 3.20. The molecule has 2 aliphatic rings. The van der Waals surface area contributed by atoms with E-state index < -0.39 is 36.1 Å². The molecule has 1 saturated heterocycles. The van der Waals surface area contributed by atoms with Gasteiger partial charge in [0.2, 0.25) is 0 Å². The third-order valence-electron chi connectivity index (χ3n) is 8.76. The molecule has 0 unspecified atom stereocenters. The molecule has 1 atom stereocenters. The van der Waals surface area contributed by atoms with Crippen molar-refractivity contribution in [1.82, 2.24) is 10.2 Å². The second-order valence-electron chi connectivity index (χ2n) is 12.1. The van der Waals surface area contributed by atoms with Gasteiger partial charge in [0.15, 0.2) is 0 Å². The van der Waals surface area contributed by atoms with Gasteiger partial charge in [0.1, 0.15) is 0 Å². The first kappa shape index (κ1) is 30.6. The van der Waals surface area contributed by atoms with Crippen LogP contribution in [0.2, 0.25) is 0 Å². The maximum Gasteiger partial charge on any atom is 0.494 e. The van der Waals surface area contributed by atoms with E-state index in [1.54, 1.807) is 4.90 Å². The fourth-order valence-electron chi connectivity index (χ4n) is 5.56. The average molecular weight is 589 g/mol. The molecule has 3 aromatic rings. The zero-order valence-electron chi connectivity index (χ0n) is 24.8. The molecule has 10 heteroatoms. The third kappa shape index (κ3) is 6.43. The Labute approximate surface area is 250 Å². The molecule has 3 aromatic carbocycles. The summed E-state index contributed by atoms with van der Waals surface area (Å²) in [5.74, 6) is 0. The van der Waals surface area contributed by atoms with Crippen LogP contribution < -0.4 is 10.8 Å². The first-order chi connectivity index (χ1) is 20.3. The SMILES string of the molecule is CC1(C)OB(c2cccc([C@H](CCC#N)NC(=O)N3CCc4c(cccc4-c4ccc(C(F)(F)F)cc4)C3)c2)OC1(C)C. The van der Waals surface area contributed by atoms with Crippen LogP contribution in [-0.2, 0) is 28.5 Å². The Bertz CT molecular complexity index is 1520. The van der Waals surface area contributed by atoms with E-state index in [-0.39, 0.29) is 12.5 Å². The van der Waals surface area contributed by atoms with Crippen molar-refractivity contribution >= 4 is 18.6 Å². The quantitative estimate of drug-likeness (QED) is 0.322. The summed E-state index contributed by atoms with van der Waals surface area (Å²) in [7, 11) is -0.547. The van der Waals surface area contributed by atoms with E-state index in [0.717, 1.165) is 39.8 Å². The molecule has 2 heterocycles. The van der Waals surface area contributed by atoms with Crippen LogP contribution in [0.4, 0.5) is 18.0 Å². The van der Waals surface area contributed by atoms with Gasteiger partial charge in [0, 0.05) is 19.5 Å². The molecule has 5 rings (SSSR count). The zero-order valence-corrected chi connectivity index (χ0v) is 24.8. The Morgan fingerprint density at radius 1 is 1.05 bits per heavy atom. The molecule has 0 spiro atoms. The van der Waals surface area contributed by atoms with Crippen LogP contribution >= 0.6 is 0 Å². The monoisotopic (exact) mass is 589 g/mol. The smallest absolute Gasteiger partial charge is 0.399 e. The molecule has 1 fully saturated rings. The summed E-state index contributed by atoms with van der Waals surface area (Å²) >= 11 is 0. The van der Waals surface area contributed by atoms with Crippen molar-refractivity contribution in [2.75, 3.05) is 6.54 Å². The van der Waals surface area contributed by atoms with Gasteiger partial charge in [-0.2, -0.15) is 18.4 Å². The Kier molecular flexibility index (Phi) is 8.34. The van der Waals surface area contributed by atoms with Crippen molar-refractivity contribution in [2.45, 2.75) is 76.9 Å². The number of rotatable bonds is 6. The standard InChI is InChI=1S/C33H35BF3N3O3/c1-31(2)32(3,4)43-34(42-31)26-10-5-8-23(20-26)29(12-7-18-38)39-30(41)40-19-17-28-24(21-40)9-6-11-27(28)22-13-15-25(16-14-22)33(35,36)37/h5-6,8-11,13-16,20,29H,7,12,17,19,21H2,1-4H3,(H,39,41)/t29-/m0/s1. The molecule has 2 amide bonds. The lowest BCUT2D eigenvalue weighted by molar-refractivity contribution is -0.137. The number of alkyl halides is 3. The van der Waals surface area contributed by atoms with E-state index in [1.165, 1.54) is 12.1 Å². The second-order valence-corrected chi connectivity index (χ2v) is 12.1. The van der Waals surface area contributed by atoms with Gasteiger partial charge in [-0.15, -0.1) is 0 Å². The zero-order chi connectivity index (χ0) is 31.0. The van der Waals surface area contributed by atoms with Crippen molar-refractivity contribution in [1.29, 1.82) is 5.26 Å². The van der Waals surface area contributed by atoms with E-state index >= 15 is 0 Å². The lowest BCUT2D eigenvalue weighted by atomic mass is 9.77. The van der Waals surface area contributed by atoms with Crippen LogP contribution in [0.3, 0.4) is 0 Å². The van der Waals surface area contributed by atoms with E-state index in [2.05, 4.69) is 11.4 Å². The topological polar surface area (TPSA) is 74.6 Å². The molecule has 2 aliphatic heterocycles. The minimum atomic E-state index is -4.39. The summed E-state index contributed by atoms with van der Waals surface area (Å²) in [6.45, 7) is 8.81. The maximum atomic E-state index is 13.5. The molecule has 0 radical (unpaired) electrons. The number of fused-ring (bicyclic) bond motifs is 1. The van der Waals surface area contributed by atoms with Gasteiger partial charge < -0.3 is 19.5 Å². The fraction of sp³-hybridized carbons (Fsp3) is 0.394. The first-order valence-corrected chi connectivity index (χ1v) is 14.5. The number of nitrogens with one attached hydrogen (secondary N) is 1. The van der Waals surface area contributed by atoms with Crippen LogP contribution in [0.15, 0.2) is 66.7 Å². The molecule has 0 bridgehead atoms. The number of amides is 2. The summed E-state index contributed by atoms with van der Waals surface area (Å²) in [6, 6.07) is 20.2. The summed E-state index contributed by atoms with van der Waals surface area (Å²) in [6.07, 6.45) is -3.11. The number of nitriles is 1. The first-order valence-electron chi connectivity index (χ1n) is 14.5. The highest BCUT2D eigenvalue weighted by atomic mass is 19.4. The van der Waals surface area contributed by atoms with Gasteiger partial charge in [-0.25, -0.2) is 4.79 Å². The van der Waals surface area contributed by atoms with Crippen molar-refractivity contribution < 1.29 is 27.3 Å². The lowest BCUT2D eigenvalue weighted by Crippen LogP contribution is -2.44.